The van der Waals surface area contributed by atoms with Crippen LogP contribution in [-0.2, 0) is 0 Å². The van der Waals surface area contributed by atoms with Crippen LogP contribution in [0.1, 0.15) is 9.67 Å². The maximum Gasteiger partial charge on any atom is 0.210 e. The summed E-state index contributed by atoms with van der Waals surface area (Å²) < 4.78 is 5.62. The summed E-state index contributed by atoms with van der Waals surface area (Å²) in [5.41, 5.74) is 0.864. The normalized spacial score (nSPS) is 10.5. The number of hydrogen-bond donors (Lipinski definition) is 0. The molecule has 0 atom stereocenters. The van der Waals surface area contributed by atoms with Gasteiger partial charge in [-0.3, -0.25) is 9.78 Å². The van der Waals surface area contributed by atoms with E-state index in [-0.39, 0.29) is 12.4 Å². The summed E-state index contributed by atoms with van der Waals surface area (Å²) in [5, 5.41) is 2.80. The lowest BCUT2D eigenvalue weighted by molar-refractivity contribution is 0.0926. The van der Waals surface area contributed by atoms with Gasteiger partial charge in [0.15, 0.2) is 6.61 Å². The number of ether oxygens (including phenoxy) is 1. The molecule has 0 spiro atoms. The number of aromatic nitrogens is 1. The summed E-state index contributed by atoms with van der Waals surface area (Å²) in [6.45, 7) is 0.0501. The van der Waals surface area contributed by atoms with E-state index in [9.17, 15) is 4.79 Å². The molecule has 3 aromatic rings. The maximum atomic E-state index is 11.9. The van der Waals surface area contributed by atoms with Crippen LogP contribution in [0.25, 0.3) is 10.9 Å². The fraction of sp³-hybridized carbons (Fsp3) is 0.0667. The third-order valence-corrected chi connectivity index (χ3v) is 3.67. The number of pyridine rings is 1. The van der Waals surface area contributed by atoms with Gasteiger partial charge in [0.2, 0.25) is 5.78 Å². The van der Waals surface area contributed by atoms with E-state index in [0.29, 0.717) is 5.75 Å². The van der Waals surface area contributed by atoms with Crippen molar-refractivity contribution in [1.82, 2.24) is 4.98 Å². The van der Waals surface area contributed by atoms with Crippen molar-refractivity contribution < 1.29 is 9.53 Å². The summed E-state index contributed by atoms with van der Waals surface area (Å²) in [4.78, 5) is 16.9. The van der Waals surface area contributed by atoms with E-state index in [1.165, 1.54) is 11.3 Å². The fourth-order valence-electron chi connectivity index (χ4n) is 1.85. The van der Waals surface area contributed by atoms with Crippen LogP contribution >= 0.6 is 11.3 Å². The fourth-order valence-corrected chi connectivity index (χ4v) is 2.50. The van der Waals surface area contributed by atoms with Crippen LogP contribution in [0, 0.1) is 0 Å². The number of fused-ring (bicyclic) bond motifs is 1. The Labute approximate surface area is 114 Å². The topological polar surface area (TPSA) is 39.2 Å². The molecule has 0 saturated heterocycles. The lowest BCUT2D eigenvalue weighted by atomic mass is 10.2. The van der Waals surface area contributed by atoms with Crippen LogP contribution in [0.2, 0.25) is 0 Å². The number of thiophene rings is 1. The molecule has 19 heavy (non-hydrogen) atoms. The minimum absolute atomic E-state index is 0.00380. The first kappa shape index (κ1) is 11.9. The minimum Gasteiger partial charge on any atom is -0.485 e. The zero-order chi connectivity index (χ0) is 13.1. The van der Waals surface area contributed by atoms with E-state index < -0.39 is 0 Å². The zero-order valence-corrected chi connectivity index (χ0v) is 10.9. The third kappa shape index (κ3) is 2.48. The van der Waals surface area contributed by atoms with Crippen molar-refractivity contribution in [3.05, 3.63) is 58.9 Å². The Balaban J connectivity index is 1.81. The number of carbonyl (C=O) groups excluding carboxylic acids is 1. The minimum atomic E-state index is -0.00380. The summed E-state index contributed by atoms with van der Waals surface area (Å²) in [6.07, 6.45) is 1.74. The molecule has 4 heteroatoms. The molecule has 0 bridgehead atoms. The Bertz CT molecular complexity index is 702. The average molecular weight is 269 g/mol. The lowest BCUT2D eigenvalue weighted by Crippen LogP contribution is -2.10. The van der Waals surface area contributed by atoms with E-state index in [1.807, 2.05) is 41.8 Å². The van der Waals surface area contributed by atoms with Gasteiger partial charge in [0.1, 0.15) is 5.75 Å². The first-order valence-corrected chi connectivity index (χ1v) is 6.76. The lowest BCUT2D eigenvalue weighted by Gasteiger charge is -2.07. The summed E-state index contributed by atoms with van der Waals surface area (Å²) in [7, 11) is 0. The molecule has 0 radical (unpaired) electrons. The summed E-state index contributed by atoms with van der Waals surface area (Å²) >= 11 is 1.43. The molecule has 0 N–H and O–H groups in total. The Morgan fingerprint density at radius 3 is 2.95 bits per heavy atom. The highest BCUT2D eigenvalue weighted by atomic mass is 32.1. The van der Waals surface area contributed by atoms with Crippen molar-refractivity contribution in [1.29, 1.82) is 0 Å². The molecule has 0 fully saturated rings. The van der Waals surface area contributed by atoms with Crippen molar-refractivity contribution in [2.45, 2.75) is 0 Å². The third-order valence-electron chi connectivity index (χ3n) is 2.76. The predicted octanol–water partition coefficient (Wildman–Crippen LogP) is 3.56. The molecule has 2 heterocycles. The second kappa shape index (κ2) is 5.20. The highest BCUT2D eigenvalue weighted by molar-refractivity contribution is 7.12. The molecule has 94 valence electrons. The van der Waals surface area contributed by atoms with Crippen LogP contribution in [-0.4, -0.2) is 17.4 Å². The molecule has 0 amide bonds. The van der Waals surface area contributed by atoms with Gasteiger partial charge in [-0.05, 0) is 35.7 Å². The molecule has 1 aromatic carbocycles. The van der Waals surface area contributed by atoms with Gasteiger partial charge in [-0.25, -0.2) is 0 Å². The molecular weight excluding hydrogens is 258 g/mol. The van der Waals surface area contributed by atoms with Gasteiger partial charge in [0.05, 0.1) is 10.4 Å². The monoisotopic (exact) mass is 269 g/mol. The molecule has 3 rings (SSSR count). The number of hydrogen-bond acceptors (Lipinski definition) is 4. The molecule has 2 aromatic heterocycles. The van der Waals surface area contributed by atoms with E-state index >= 15 is 0 Å². The Hall–Kier alpha value is -2.20. The molecular formula is C15H11NO2S. The van der Waals surface area contributed by atoms with Crippen LogP contribution < -0.4 is 4.74 Å². The second-order valence-corrected chi connectivity index (χ2v) is 4.96. The van der Waals surface area contributed by atoms with Crippen LogP contribution in [0.15, 0.2) is 54.0 Å². The number of benzene rings is 1. The van der Waals surface area contributed by atoms with Gasteiger partial charge < -0.3 is 4.74 Å². The van der Waals surface area contributed by atoms with Gasteiger partial charge in [0.25, 0.3) is 0 Å². The summed E-state index contributed by atoms with van der Waals surface area (Å²) in [6, 6.07) is 13.1. The molecule has 3 nitrogen and oxygen atoms in total. The SMILES string of the molecule is O=C(COc1cccc2ncccc12)c1cccs1. The largest absolute Gasteiger partial charge is 0.485 e. The Kier molecular flexibility index (Phi) is 3.25. The van der Waals surface area contributed by atoms with Gasteiger partial charge in [-0.15, -0.1) is 11.3 Å². The van der Waals surface area contributed by atoms with Gasteiger partial charge in [-0.1, -0.05) is 12.1 Å². The molecule has 0 aliphatic heterocycles. The first-order chi connectivity index (χ1) is 9.34. The predicted molar refractivity (Wildman–Crippen MR) is 75.9 cm³/mol. The molecule has 0 saturated carbocycles. The number of rotatable bonds is 4. The van der Waals surface area contributed by atoms with Crippen molar-refractivity contribution in [2.24, 2.45) is 0 Å². The van der Waals surface area contributed by atoms with Gasteiger partial charge in [0, 0.05) is 11.6 Å². The molecule has 0 unspecified atom stereocenters. The Morgan fingerprint density at radius 2 is 2.11 bits per heavy atom. The van der Waals surface area contributed by atoms with Crippen LogP contribution in [0.5, 0.6) is 5.75 Å². The van der Waals surface area contributed by atoms with Crippen molar-refractivity contribution in [3.8, 4) is 5.75 Å². The Morgan fingerprint density at radius 1 is 1.16 bits per heavy atom. The van der Waals surface area contributed by atoms with E-state index in [1.54, 1.807) is 12.3 Å². The standard InChI is InChI=1S/C15H11NO2S/c17-13(15-7-3-9-19-15)10-18-14-6-1-5-12-11(14)4-2-8-16-12/h1-9H,10H2. The van der Waals surface area contributed by atoms with Gasteiger partial charge >= 0.3 is 0 Å². The number of carbonyl (C=O) groups is 1. The van der Waals surface area contributed by atoms with Gasteiger partial charge in [-0.2, -0.15) is 0 Å². The van der Waals surface area contributed by atoms with Crippen molar-refractivity contribution in [2.75, 3.05) is 6.61 Å². The van der Waals surface area contributed by atoms with Crippen molar-refractivity contribution >= 4 is 28.0 Å². The zero-order valence-electron chi connectivity index (χ0n) is 10.1. The smallest absolute Gasteiger partial charge is 0.210 e. The number of Topliss-reactive ketones (excluding diaryl/α,β-unsaturated/α-hetero) is 1. The van der Waals surface area contributed by atoms with E-state index in [2.05, 4.69) is 4.98 Å². The average Bonchev–Trinajstić information content (AvgIpc) is 2.99. The first-order valence-electron chi connectivity index (χ1n) is 5.88. The summed E-state index contributed by atoms with van der Waals surface area (Å²) in [5.74, 6) is 0.686. The second-order valence-electron chi connectivity index (χ2n) is 4.02. The highest BCUT2D eigenvalue weighted by Gasteiger charge is 2.09. The van der Waals surface area contributed by atoms with E-state index in [0.717, 1.165) is 15.8 Å². The maximum absolute atomic E-state index is 11.9. The molecule has 0 aliphatic rings. The number of ketones is 1. The number of nitrogens with zero attached hydrogens (tertiary/aromatic N) is 1. The highest BCUT2D eigenvalue weighted by Crippen LogP contribution is 2.23. The van der Waals surface area contributed by atoms with Crippen LogP contribution in [0.4, 0.5) is 0 Å². The quantitative estimate of drug-likeness (QED) is 0.680. The van der Waals surface area contributed by atoms with Crippen LogP contribution in [0.3, 0.4) is 0 Å². The van der Waals surface area contributed by atoms with E-state index in [4.69, 9.17) is 4.74 Å². The van der Waals surface area contributed by atoms with Crippen molar-refractivity contribution in [3.63, 3.8) is 0 Å². The molecule has 0 aliphatic carbocycles.